The first-order valence-electron chi connectivity index (χ1n) is 12.3. The molecule has 0 saturated carbocycles. The van der Waals surface area contributed by atoms with Gasteiger partial charge in [0.1, 0.15) is 29.0 Å². The Morgan fingerprint density at radius 2 is 1.67 bits per heavy atom. The van der Waals surface area contributed by atoms with Crippen LogP contribution in [0.5, 0.6) is 23.0 Å². The lowest BCUT2D eigenvalue weighted by molar-refractivity contribution is -0.139. The first-order valence-corrected chi connectivity index (χ1v) is 12.7. The van der Waals surface area contributed by atoms with Crippen LogP contribution in [0.25, 0.3) is 0 Å². The van der Waals surface area contributed by atoms with E-state index in [9.17, 15) is 24.9 Å². The first kappa shape index (κ1) is 26.4. The Morgan fingerprint density at radius 3 is 2.26 bits per heavy atom. The van der Waals surface area contributed by atoms with Crippen molar-refractivity contribution in [1.82, 2.24) is 5.32 Å². The van der Waals surface area contributed by atoms with Crippen molar-refractivity contribution >= 4 is 34.8 Å². The maximum atomic E-state index is 13.5. The fourth-order valence-corrected chi connectivity index (χ4v) is 5.37. The average molecular weight is 550 g/mol. The largest absolute Gasteiger partial charge is 0.508 e. The highest BCUT2D eigenvalue weighted by Crippen LogP contribution is 2.57. The lowest BCUT2D eigenvalue weighted by atomic mass is 9.77. The molecule has 0 bridgehead atoms. The zero-order chi connectivity index (χ0) is 27.9. The minimum absolute atomic E-state index is 0.0313. The van der Waals surface area contributed by atoms with Gasteiger partial charge in [-0.1, -0.05) is 24.4 Å². The van der Waals surface area contributed by atoms with Crippen LogP contribution in [0, 0.1) is 0 Å². The summed E-state index contributed by atoms with van der Waals surface area (Å²) in [6.45, 7) is 0. The molecule has 0 aromatic heterocycles. The van der Waals surface area contributed by atoms with E-state index in [0.29, 0.717) is 46.6 Å². The van der Waals surface area contributed by atoms with Crippen LogP contribution in [0.2, 0.25) is 0 Å². The average Bonchev–Trinajstić information content (AvgIpc) is 3.19. The topological polar surface area (TPSA) is 163 Å². The Labute approximate surface area is 229 Å². The molecule has 0 aliphatic carbocycles. The van der Waals surface area contributed by atoms with E-state index in [2.05, 4.69) is 10.6 Å². The van der Waals surface area contributed by atoms with Gasteiger partial charge in [0, 0.05) is 28.8 Å². The predicted octanol–water partition coefficient (Wildman–Crippen LogP) is 3.58. The Kier molecular flexibility index (Phi) is 6.89. The fourth-order valence-electron chi connectivity index (χ4n) is 5.14. The number of carboxylic acids is 1. The monoisotopic (exact) mass is 549 g/mol. The van der Waals surface area contributed by atoms with Crippen LogP contribution in [-0.4, -0.2) is 51.4 Å². The number of benzene rings is 3. The molecule has 1 spiro atoms. The van der Waals surface area contributed by atoms with Crippen molar-refractivity contribution in [2.45, 2.75) is 36.9 Å². The maximum absolute atomic E-state index is 13.5. The van der Waals surface area contributed by atoms with E-state index in [-0.39, 0.29) is 28.6 Å². The second-order valence-corrected chi connectivity index (χ2v) is 9.91. The minimum Gasteiger partial charge on any atom is -0.508 e. The molecule has 3 aromatic rings. The number of aromatic hydroxyl groups is 2. The molecule has 10 nitrogen and oxygen atoms in total. The number of nitrogens with two attached hydrogens (primary N) is 1. The highest BCUT2D eigenvalue weighted by atomic mass is 32.1. The summed E-state index contributed by atoms with van der Waals surface area (Å²) in [5.41, 5.74) is 7.15. The van der Waals surface area contributed by atoms with Crippen LogP contribution >= 0.6 is 12.2 Å². The van der Waals surface area contributed by atoms with Crippen molar-refractivity contribution in [2.24, 2.45) is 5.73 Å². The summed E-state index contributed by atoms with van der Waals surface area (Å²) >= 11 is 5.53. The number of phenols is 2. The van der Waals surface area contributed by atoms with Gasteiger partial charge in [-0.2, -0.15) is 0 Å². The zero-order valence-electron chi connectivity index (χ0n) is 20.9. The number of rotatable bonds is 8. The number of carboxylic acid groups (broad SMARTS) is 1. The Morgan fingerprint density at radius 1 is 1.03 bits per heavy atom. The quantitative estimate of drug-likeness (QED) is 0.180. The third-order valence-corrected chi connectivity index (χ3v) is 7.46. The number of esters is 1. The van der Waals surface area contributed by atoms with E-state index >= 15 is 0 Å². The Balaban J connectivity index is 1.49. The standard InChI is InChI=1S/C28H27N3O7S/c1-30-21(26(34)35)7-3-5-19(29)25(39)31-20-6-2-4-18-24(20)27(36)38-28(18)16-10-8-14(32)12-22(16)37-23-13-15(33)9-11-17(23)28/h2,4,6,8-13,19,21,30,32-33H,3,5,7,29H2,1H3,(H,31,39)(H,34,35)/t19?,21-/m0/s1. The van der Waals surface area contributed by atoms with Gasteiger partial charge in [0.25, 0.3) is 0 Å². The number of aliphatic carboxylic acids is 1. The molecule has 2 aliphatic heterocycles. The van der Waals surface area contributed by atoms with Gasteiger partial charge in [0.05, 0.1) is 22.3 Å². The molecule has 0 amide bonds. The van der Waals surface area contributed by atoms with Crippen molar-refractivity contribution in [2.75, 3.05) is 12.4 Å². The summed E-state index contributed by atoms with van der Waals surface area (Å²) in [4.78, 5) is 25.0. The third kappa shape index (κ3) is 4.54. The van der Waals surface area contributed by atoms with Crippen LogP contribution in [0.3, 0.4) is 0 Å². The van der Waals surface area contributed by atoms with E-state index in [4.69, 9.17) is 27.4 Å². The van der Waals surface area contributed by atoms with E-state index in [1.807, 2.05) is 0 Å². The summed E-state index contributed by atoms with van der Waals surface area (Å²) in [5, 5.41) is 35.2. The fraction of sp³-hybridized carbons (Fsp3) is 0.250. The number of carbonyl (C=O) groups excluding carboxylic acids is 1. The smallest absolute Gasteiger partial charge is 0.342 e. The summed E-state index contributed by atoms with van der Waals surface area (Å²) < 4.78 is 12.1. The molecule has 2 heterocycles. The van der Waals surface area contributed by atoms with Gasteiger partial charge in [-0.15, -0.1) is 0 Å². The molecule has 0 radical (unpaired) electrons. The molecule has 2 atom stereocenters. The summed E-state index contributed by atoms with van der Waals surface area (Å²) in [5.74, 6) is -1.02. The number of anilines is 1. The molecule has 2 aliphatic rings. The van der Waals surface area contributed by atoms with Crippen LogP contribution in [0.15, 0.2) is 54.6 Å². The van der Waals surface area contributed by atoms with Gasteiger partial charge >= 0.3 is 11.9 Å². The molecule has 11 heteroatoms. The molecule has 3 aromatic carbocycles. The van der Waals surface area contributed by atoms with Crippen LogP contribution in [0.4, 0.5) is 5.69 Å². The Bertz CT molecular complexity index is 1440. The molecule has 7 N–H and O–H groups in total. The number of hydrogen-bond acceptors (Lipinski definition) is 9. The molecule has 1 unspecified atom stereocenters. The van der Waals surface area contributed by atoms with Crippen molar-refractivity contribution in [1.29, 1.82) is 0 Å². The summed E-state index contributed by atoms with van der Waals surface area (Å²) in [7, 11) is 1.59. The van der Waals surface area contributed by atoms with Gasteiger partial charge in [-0.25, -0.2) is 4.79 Å². The van der Waals surface area contributed by atoms with Gasteiger partial charge in [-0.05, 0) is 56.6 Å². The molecular weight excluding hydrogens is 522 g/mol. The number of carbonyl (C=O) groups is 2. The molecule has 0 saturated heterocycles. The normalized spacial score (nSPS) is 15.8. The van der Waals surface area contributed by atoms with Gasteiger partial charge < -0.3 is 41.2 Å². The summed E-state index contributed by atoms with van der Waals surface area (Å²) in [6, 6.07) is 13.1. The van der Waals surface area contributed by atoms with E-state index in [1.54, 1.807) is 37.4 Å². The number of likely N-dealkylation sites (N-methyl/N-ethyl adjacent to an activating group) is 1. The molecule has 0 fully saturated rings. The van der Waals surface area contributed by atoms with E-state index < -0.39 is 29.6 Å². The number of nitrogens with one attached hydrogen (secondary N) is 2. The van der Waals surface area contributed by atoms with Crippen LogP contribution in [0.1, 0.15) is 46.3 Å². The van der Waals surface area contributed by atoms with Crippen molar-refractivity contribution in [3.05, 3.63) is 76.9 Å². The molecule has 5 rings (SSSR count). The predicted molar refractivity (Wildman–Crippen MR) is 147 cm³/mol. The molecular formula is C28H27N3O7S. The maximum Gasteiger partial charge on any atom is 0.342 e. The van der Waals surface area contributed by atoms with E-state index in [1.165, 1.54) is 24.3 Å². The second-order valence-electron chi connectivity index (χ2n) is 9.47. The molecule has 202 valence electrons. The zero-order valence-corrected chi connectivity index (χ0v) is 21.7. The third-order valence-electron chi connectivity index (χ3n) is 7.05. The SMILES string of the molecule is CN[C@@H](CCCC(N)C(=S)Nc1cccc2c1C(=O)OC21c2ccc(O)cc2Oc2cc(O)ccc21)C(=O)O. The van der Waals surface area contributed by atoms with Gasteiger partial charge in [-0.3, -0.25) is 4.79 Å². The Hall–Kier alpha value is -4.19. The van der Waals surface area contributed by atoms with Crippen molar-refractivity contribution in [3.63, 3.8) is 0 Å². The van der Waals surface area contributed by atoms with Crippen molar-refractivity contribution in [3.8, 4) is 23.0 Å². The van der Waals surface area contributed by atoms with Gasteiger partial charge in [0.2, 0.25) is 0 Å². The van der Waals surface area contributed by atoms with Gasteiger partial charge in [0.15, 0.2) is 5.60 Å². The highest BCUT2D eigenvalue weighted by molar-refractivity contribution is 7.80. The minimum atomic E-state index is -1.39. The second kappa shape index (κ2) is 10.2. The summed E-state index contributed by atoms with van der Waals surface area (Å²) in [6.07, 6.45) is 1.38. The number of fused-ring (bicyclic) bond motifs is 6. The number of ether oxygens (including phenoxy) is 2. The van der Waals surface area contributed by atoms with Crippen LogP contribution in [-0.2, 0) is 15.1 Å². The number of phenolic OH excluding ortho intramolecular Hbond substituents is 2. The van der Waals surface area contributed by atoms with E-state index in [0.717, 1.165) is 0 Å². The van der Waals surface area contributed by atoms with Crippen molar-refractivity contribution < 1.29 is 34.4 Å². The van der Waals surface area contributed by atoms with Crippen LogP contribution < -0.4 is 21.1 Å². The number of thiocarbonyl (C=S) groups is 1. The molecule has 39 heavy (non-hydrogen) atoms. The highest BCUT2D eigenvalue weighted by Gasteiger charge is 2.54. The first-order chi connectivity index (χ1) is 18.6. The lowest BCUT2D eigenvalue weighted by Gasteiger charge is -2.36. The number of hydrogen-bond donors (Lipinski definition) is 6. The lowest BCUT2D eigenvalue weighted by Crippen LogP contribution is -2.36.